The topological polar surface area (TPSA) is 9.23 Å². The van der Waals surface area contributed by atoms with E-state index in [2.05, 4.69) is 52.0 Å². The molecule has 94 valence electrons. The fraction of sp³-hybridized carbons (Fsp3) is 0.500. The van der Waals surface area contributed by atoms with Crippen molar-refractivity contribution in [2.24, 2.45) is 0 Å². The van der Waals surface area contributed by atoms with E-state index in [9.17, 15) is 0 Å². The molecule has 1 rings (SSSR count). The molecule has 0 radical (unpaired) electrons. The molecule has 1 nitrogen and oxygen atoms in total. The summed E-state index contributed by atoms with van der Waals surface area (Å²) in [6, 6.07) is 4.44. The number of benzene rings is 1. The van der Waals surface area contributed by atoms with Crippen LogP contribution >= 0.6 is 0 Å². The average Bonchev–Trinajstić information content (AvgIpc) is 2.33. The minimum Gasteiger partial charge on any atom is -0.496 e. The zero-order valence-electron chi connectivity index (χ0n) is 11.7. The van der Waals surface area contributed by atoms with Gasteiger partial charge in [0.05, 0.1) is 7.11 Å². The highest BCUT2D eigenvalue weighted by atomic mass is 16.5. The van der Waals surface area contributed by atoms with Crippen molar-refractivity contribution < 1.29 is 4.74 Å². The molecule has 1 aromatic rings. The lowest BCUT2D eigenvalue weighted by Crippen LogP contribution is -2.01. The fourth-order valence-electron chi connectivity index (χ4n) is 2.29. The van der Waals surface area contributed by atoms with Crippen molar-refractivity contribution in [2.45, 2.75) is 46.5 Å². The molecule has 0 aromatic heterocycles. The monoisotopic (exact) mass is 232 g/mol. The number of allylic oxidation sites excluding steroid dienone is 2. The molecular weight excluding hydrogens is 208 g/mol. The third kappa shape index (κ3) is 3.36. The van der Waals surface area contributed by atoms with Crippen molar-refractivity contribution in [1.29, 1.82) is 0 Å². The third-order valence-electron chi connectivity index (χ3n) is 3.37. The van der Waals surface area contributed by atoms with Crippen LogP contribution in [0.2, 0.25) is 0 Å². The maximum absolute atomic E-state index is 5.36. The Bertz CT molecular complexity index is 391. The lowest BCUT2D eigenvalue weighted by atomic mass is 9.88. The number of ether oxygens (including phenoxy) is 1. The van der Waals surface area contributed by atoms with Gasteiger partial charge in [-0.05, 0) is 62.3 Å². The summed E-state index contributed by atoms with van der Waals surface area (Å²) in [4.78, 5) is 0. The van der Waals surface area contributed by atoms with E-state index in [0.717, 1.165) is 12.2 Å². The second-order valence-electron chi connectivity index (χ2n) is 4.59. The van der Waals surface area contributed by atoms with Gasteiger partial charge >= 0.3 is 0 Å². The summed E-state index contributed by atoms with van der Waals surface area (Å²) in [6.07, 6.45) is 6.69. The number of methoxy groups -OCH3 is 1. The molecule has 0 spiro atoms. The Hall–Kier alpha value is -1.24. The van der Waals surface area contributed by atoms with Crippen molar-refractivity contribution in [3.8, 4) is 5.75 Å². The van der Waals surface area contributed by atoms with E-state index in [-0.39, 0.29) is 0 Å². The van der Waals surface area contributed by atoms with Crippen LogP contribution in [0.1, 0.15) is 49.3 Å². The van der Waals surface area contributed by atoms with Crippen molar-refractivity contribution >= 4 is 0 Å². The van der Waals surface area contributed by atoms with Gasteiger partial charge in [-0.15, -0.1) is 0 Å². The molecule has 0 heterocycles. The van der Waals surface area contributed by atoms with E-state index in [1.165, 1.54) is 23.1 Å². The van der Waals surface area contributed by atoms with Gasteiger partial charge < -0.3 is 4.74 Å². The fourth-order valence-corrected chi connectivity index (χ4v) is 2.29. The van der Waals surface area contributed by atoms with Gasteiger partial charge in [-0.1, -0.05) is 25.1 Å². The van der Waals surface area contributed by atoms with Gasteiger partial charge in [-0.3, -0.25) is 0 Å². The molecule has 1 aromatic carbocycles. The first-order valence-corrected chi connectivity index (χ1v) is 6.40. The predicted molar refractivity (Wildman–Crippen MR) is 74.9 cm³/mol. The minimum atomic E-state index is 0.621. The van der Waals surface area contributed by atoms with Crippen LogP contribution < -0.4 is 4.74 Å². The van der Waals surface area contributed by atoms with Crippen LogP contribution in [-0.2, 0) is 0 Å². The molecule has 0 aliphatic heterocycles. The summed E-state index contributed by atoms with van der Waals surface area (Å²) in [5, 5.41) is 0. The molecule has 0 amide bonds. The van der Waals surface area contributed by atoms with Crippen LogP contribution in [0.25, 0.3) is 0 Å². The maximum atomic E-state index is 5.36. The molecule has 1 unspecified atom stereocenters. The van der Waals surface area contributed by atoms with Crippen molar-refractivity contribution in [3.63, 3.8) is 0 Å². The average molecular weight is 232 g/mol. The maximum Gasteiger partial charge on any atom is 0.122 e. The van der Waals surface area contributed by atoms with Gasteiger partial charge in [0.15, 0.2) is 0 Å². The quantitative estimate of drug-likeness (QED) is 0.664. The van der Waals surface area contributed by atoms with Crippen LogP contribution in [0.5, 0.6) is 5.75 Å². The van der Waals surface area contributed by atoms with Crippen molar-refractivity contribution in [2.75, 3.05) is 7.11 Å². The number of hydrogen-bond donors (Lipinski definition) is 0. The molecule has 0 saturated carbocycles. The second-order valence-corrected chi connectivity index (χ2v) is 4.59. The Morgan fingerprint density at radius 3 is 2.47 bits per heavy atom. The highest BCUT2D eigenvalue weighted by Crippen LogP contribution is 2.31. The predicted octanol–water partition coefficient (Wildman–Crippen LogP) is 4.77. The Morgan fingerprint density at radius 2 is 1.94 bits per heavy atom. The molecule has 0 saturated heterocycles. The van der Waals surface area contributed by atoms with Gasteiger partial charge in [-0.2, -0.15) is 0 Å². The summed E-state index contributed by atoms with van der Waals surface area (Å²) in [7, 11) is 1.73. The summed E-state index contributed by atoms with van der Waals surface area (Å²) >= 11 is 0. The number of hydrogen-bond acceptors (Lipinski definition) is 1. The molecule has 0 aliphatic rings. The standard InChI is InChI=1S/C16H24O/c1-6-8-9-14(7-2)15-10-13(4)16(17-5)11-12(15)3/h6,8,10-11,14H,7,9H2,1-5H3/b8-6-. The first-order chi connectivity index (χ1) is 8.13. The van der Waals surface area contributed by atoms with Gasteiger partial charge in [0.25, 0.3) is 0 Å². The van der Waals surface area contributed by atoms with E-state index in [1.54, 1.807) is 7.11 Å². The van der Waals surface area contributed by atoms with Crippen LogP contribution in [0.15, 0.2) is 24.3 Å². The first-order valence-electron chi connectivity index (χ1n) is 6.40. The molecule has 0 fully saturated rings. The van der Waals surface area contributed by atoms with Gasteiger partial charge in [0.2, 0.25) is 0 Å². The molecule has 0 bridgehead atoms. The molecule has 17 heavy (non-hydrogen) atoms. The zero-order valence-corrected chi connectivity index (χ0v) is 11.7. The second kappa shape index (κ2) is 6.48. The number of rotatable bonds is 5. The van der Waals surface area contributed by atoms with E-state index in [0.29, 0.717) is 5.92 Å². The van der Waals surface area contributed by atoms with Gasteiger partial charge in [0, 0.05) is 0 Å². The smallest absolute Gasteiger partial charge is 0.122 e. The van der Waals surface area contributed by atoms with Crippen LogP contribution in [0.4, 0.5) is 0 Å². The third-order valence-corrected chi connectivity index (χ3v) is 3.37. The molecule has 1 heteroatoms. The van der Waals surface area contributed by atoms with Crippen molar-refractivity contribution in [1.82, 2.24) is 0 Å². The van der Waals surface area contributed by atoms with E-state index < -0.39 is 0 Å². The Morgan fingerprint density at radius 1 is 1.24 bits per heavy atom. The normalized spacial score (nSPS) is 13.0. The van der Waals surface area contributed by atoms with Gasteiger partial charge in [0.1, 0.15) is 5.75 Å². The molecule has 0 N–H and O–H groups in total. The highest BCUT2D eigenvalue weighted by Gasteiger charge is 2.12. The Balaban J connectivity index is 3.07. The lowest BCUT2D eigenvalue weighted by Gasteiger charge is -2.18. The van der Waals surface area contributed by atoms with E-state index in [1.807, 2.05) is 0 Å². The molecule has 1 atom stereocenters. The van der Waals surface area contributed by atoms with Crippen molar-refractivity contribution in [3.05, 3.63) is 41.0 Å². The highest BCUT2D eigenvalue weighted by molar-refractivity contribution is 5.43. The van der Waals surface area contributed by atoms with Gasteiger partial charge in [-0.25, -0.2) is 0 Å². The zero-order chi connectivity index (χ0) is 12.8. The lowest BCUT2D eigenvalue weighted by molar-refractivity contribution is 0.411. The van der Waals surface area contributed by atoms with Crippen LogP contribution in [0.3, 0.4) is 0 Å². The Kier molecular flexibility index (Phi) is 5.27. The van der Waals surface area contributed by atoms with Crippen LogP contribution in [0, 0.1) is 13.8 Å². The number of aryl methyl sites for hydroxylation is 2. The summed E-state index contributed by atoms with van der Waals surface area (Å²) in [5.41, 5.74) is 4.03. The van der Waals surface area contributed by atoms with Crippen LogP contribution in [-0.4, -0.2) is 7.11 Å². The van der Waals surface area contributed by atoms with E-state index in [4.69, 9.17) is 4.74 Å². The summed E-state index contributed by atoms with van der Waals surface area (Å²) in [5.74, 6) is 1.61. The SMILES string of the molecule is C/C=C\CC(CC)c1cc(C)c(OC)cc1C. The minimum absolute atomic E-state index is 0.621. The summed E-state index contributed by atoms with van der Waals surface area (Å²) < 4.78 is 5.36. The Labute approximate surface area is 106 Å². The molecular formula is C16H24O. The van der Waals surface area contributed by atoms with E-state index >= 15 is 0 Å². The largest absolute Gasteiger partial charge is 0.496 e. The summed E-state index contributed by atoms with van der Waals surface area (Å²) in [6.45, 7) is 8.63. The molecule has 0 aliphatic carbocycles. The first kappa shape index (κ1) is 13.8.